The maximum Gasteiger partial charge on any atom is 0.143 e. The second-order valence-corrected chi connectivity index (χ2v) is 7.77. The van der Waals surface area contributed by atoms with Crippen molar-refractivity contribution < 1.29 is 4.79 Å². The Hall–Kier alpha value is -2.36. The van der Waals surface area contributed by atoms with Gasteiger partial charge in [0.15, 0.2) is 0 Å². The topological polar surface area (TPSA) is 42.0 Å². The van der Waals surface area contributed by atoms with Gasteiger partial charge in [-0.05, 0) is 41.8 Å². The van der Waals surface area contributed by atoms with E-state index in [2.05, 4.69) is 22.4 Å². The lowest BCUT2D eigenvalue weighted by Gasteiger charge is -2.39. The molecule has 5 heteroatoms. The fourth-order valence-corrected chi connectivity index (χ4v) is 4.78. The fraction of sp³-hybridized carbons (Fsp3) is 0.182. The number of hydrogen-bond donors (Lipinski definition) is 1. The molecular formula is C22H16Cl2N2O. The lowest BCUT2D eigenvalue weighted by atomic mass is 9.70. The molecule has 2 aliphatic rings. The van der Waals surface area contributed by atoms with Gasteiger partial charge in [0, 0.05) is 35.3 Å². The quantitative estimate of drug-likeness (QED) is 0.553. The molecule has 0 saturated carbocycles. The summed E-state index contributed by atoms with van der Waals surface area (Å²) in [5.74, 6) is -0.250. The Balaban J connectivity index is 1.86. The highest BCUT2D eigenvalue weighted by atomic mass is 35.5. The van der Waals surface area contributed by atoms with Crippen LogP contribution in [0.3, 0.4) is 0 Å². The molecule has 27 heavy (non-hydrogen) atoms. The van der Waals surface area contributed by atoms with E-state index in [-0.39, 0.29) is 17.6 Å². The highest BCUT2D eigenvalue weighted by molar-refractivity contribution is 6.42. The molecule has 1 N–H and O–H groups in total. The lowest BCUT2D eigenvalue weighted by molar-refractivity contribution is -0.122. The molecule has 134 valence electrons. The smallest absolute Gasteiger partial charge is 0.143 e. The molecule has 3 nitrogen and oxygen atoms in total. The molecular weight excluding hydrogens is 379 g/mol. The third kappa shape index (κ3) is 2.57. The monoisotopic (exact) mass is 394 g/mol. The number of carbonyl (C=O) groups is 1. The van der Waals surface area contributed by atoms with Crippen molar-refractivity contribution in [3.63, 3.8) is 0 Å². The molecule has 0 amide bonds. The Labute approximate surface area is 167 Å². The van der Waals surface area contributed by atoms with Gasteiger partial charge in [-0.2, -0.15) is 0 Å². The second kappa shape index (κ2) is 6.36. The van der Waals surface area contributed by atoms with Gasteiger partial charge in [0.1, 0.15) is 5.78 Å². The van der Waals surface area contributed by atoms with Gasteiger partial charge in [0.25, 0.3) is 0 Å². The Morgan fingerprint density at radius 3 is 2.81 bits per heavy atom. The highest BCUT2D eigenvalue weighted by Crippen LogP contribution is 2.51. The number of benzene rings is 2. The highest BCUT2D eigenvalue weighted by Gasteiger charge is 2.41. The van der Waals surface area contributed by atoms with Gasteiger partial charge in [0.2, 0.25) is 0 Å². The van der Waals surface area contributed by atoms with Crippen LogP contribution in [0.4, 0.5) is 5.69 Å². The first-order chi connectivity index (χ1) is 13.1. The molecule has 2 aromatic carbocycles. The van der Waals surface area contributed by atoms with E-state index in [4.69, 9.17) is 23.2 Å². The minimum Gasteiger partial charge on any atom is -0.358 e. The molecule has 0 bridgehead atoms. The number of anilines is 1. The van der Waals surface area contributed by atoms with E-state index in [0.29, 0.717) is 16.5 Å². The summed E-state index contributed by atoms with van der Waals surface area (Å²) in [5, 5.41) is 5.53. The zero-order valence-corrected chi connectivity index (χ0v) is 15.9. The third-order valence-electron chi connectivity index (χ3n) is 5.50. The van der Waals surface area contributed by atoms with Crippen LogP contribution in [0.25, 0.3) is 10.9 Å². The van der Waals surface area contributed by atoms with Crippen molar-refractivity contribution in [3.8, 4) is 0 Å². The van der Waals surface area contributed by atoms with Crippen molar-refractivity contribution in [2.75, 3.05) is 5.32 Å². The van der Waals surface area contributed by atoms with Crippen LogP contribution >= 0.6 is 23.2 Å². The van der Waals surface area contributed by atoms with Gasteiger partial charge in [-0.1, -0.05) is 47.5 Å². The van der Waals surface area contributed by atoms with Gasteiger partial charge in [0.05, 0.1) is 21.5 Å². The van der Waals surface area contributed by atoms with Gasteiger partial charge < -0.3 is 5.32 Å². The van der Waals surface area contributed by atoms with Crippen molar-refractivity contribution in [1.29, 1.82) is 0 Å². The van der Waals surface area contributed by atoms with Crippen LogP contribution in [0.2, 0.25) is 10.0 Å². The fourth-order valence-electron chi connectivity index (χ4n) is 4.36. The number of aromatic nitrogens is 1. The van der Waals surface area contributed by atoms with Gasteiger partial charge in [-0.25, -0.2) is 0 Å². The Morgan fingerprint density at radius 2 is 1.93 bits per heavy atom. The molecule has 0 fully saturated rings. The zero-order chi connectivity index (χ0) is 18.5. The summed E-state index contributed by atoms with van der Waals surface area (Å²) in [7, 11) is 0. The number of halogens is 2. The van der Waals surface area contributed by atoms with Crippen molar-refractivity contribution in [2.24, 2.45) is 5.92 Å². The Bertz CT molecular complexity index is 1120. The van der Waals surface area contributed by atoms with Crippen LogP contribution < -0.4 is 5.32 Å². The molecule has 1 aliphatic heterocycles. The van der Waals surface area contributed by atoms with Crippen molar-refractivity contribution in [1.82, 2.24) is 4.98 Å². The van der Waals surface area contributed by atoms with Crippen LogP contribution in [0.15, 0.2) is 60.4 Å². The maximum atomic E-state index is 13.0. The number of fused-ring (bicyclic) bond motifs is 4. The Morgan fingerprint density at radius 1 is 1.04 bits per heavy atom. The van der Waals surface area contributed by atoms with E-state index >= 15 is 0 Å². The number of ketones is 1. The predicted molar refractivity (Wildman–Crippen MR) is 109 cm³/mol. The first kappa shape index (κ1) is 16.8. The van der Waals surface area contributed by atoms with E-state index in [1.807, 2.05) is 30.3 Å². The van der Waals surface area contributed by atoms with Gasteiger partial charge in [-0.3, -0.25) is 9.78 Å². The lowest BCUT2D eigenvalue weighted by Crippen LogP contribution is -2.35. The average molecular weight is 395 g/mol. The van der Waals surface area contributed by atoms with Crippen LogP contribution in [-0.2, 0) is 4.79 Å². The second-order valence-electron chi connectivity index (χ2n) is 6.98. The van der Waals surface area contributed by atoms with E-state index in [1.54, 1.807) is 12.3 Å². The molecule has 2 heterocycles. The van der Waals surface area contributed by atoms with Crippen molar-refractivity contribution in [3.05, 3.63) is 81.6 Å². The normalized spacial score (nSPS) is 21.3. The zero-order valence-electron chi connectivity index (χ0n) is 14.4. The molecule has 0 spiro atoms. The summed E-state index contributed by atoms with van der Waals surface area (Å²) < 4.78 is 0. The average Bonchev–Trinajstić information content (AvgIpc) is 2.69. The minimum absolute atomic E-state index is 0.195. The number of nitrogens with one attached hydrogen (secondary N) is 1. The van der Waals surface area contributed by atoms with Crippen LogP contribution in [0, 0.1) is 5.92 Å². The minimum atomic E-state index is -0.284. The van der Waals surface area contributed by atoms with Gasteiger partial charge in [-0.15, -0.1) is 0 Å². The van der Waals surface area contributed by atoms with Crippen LogP contribution in [0.5, 0.6) is 0 Å². The molecule has 0 radical (unpaired) electrons. The maximum absolute atomic E-state index is 13.0. The summed E-state index contributed by atoms with van der Waals surface area (Å²) in [6, 6.07) is 13.7. The van der Waals surface area contributed by atoms with Crippen LogP contribution in [-0.4, -0.2) is 10.8 Å². The molecule has 0 saturated heterocycles. The van der Waals surface area contributed by atoms with E-state index in [9.17, 15) is 4.79 Å². The molecule has 2 atom stereocenters. The summed E-state index contributed by atoms with van der Waals surface area (Å²) in [5.41, 5.74) is 4.80. The number of hydrogen-bond acceptors (Lipinski definition) is 3. The first-order valence-electron chi connectivity index (χ1n) is 8.96. The summed E-state index contributed by atoms with van der Waals surface area (Å²) in [6.07, 6.45) is 5.22. The molecule has 2 unspecified atom stereocenters. The number of rotatable bonds is 1. The SMILES string of the molecule is O=C1CCC=C2Nc3ccc4ncccc4c3C(c3cccc(Cl)c3Cl)C12. The molecule has 1 aliphatic carbocycles. The number of Topliss-reactive ketones (excluding diaryl/α,β-unsaturated/α-hetero) is 1. The molecule has 1 aromatic heterocycles. The largest absolute Gasteiger partial charge is 0.358 e. The number of nitrogens with zero attached hydrogens (tertiary/aromatic N) is 1. The van der Waals surface area contributed by atoms with Gasteiger partial charge >= 0.3 is 0 Å². The van der Waals surface area contributed by atoms with Crippen LogP contribution in [0.1, 0.15) is 29.9 Å². The summed E-state index contributed by atoms with van der Waals surface area (Å²) >= 11 is 13.0. The number of pyridine rings is 1. The summed E-state index contributed by atoms with van der Waals surface area (Å²) in [4.78, 5) is 17.5. The third-order valence-corrected chi connectivity index (χ3v) is 6.34. The standard InChI is InChI=1S/C22H16Cl2N2O/c23-14-6-1-4-13(22(14)24)20-19-12-5-3-11-25-15(12)9-10-17(19)26-16-7-2-8-18(27)21(16)20/h1,3-7,9-11,20-21,26H,2,8H2. The number of allylic oxidation sites excluding steroid dienone is 2. The Kier molecular flexibility index (Phi) is 3.96. The number of carbonyl (C=O) groups excluding carboxylic acids is 1. The predicted octanol–water partition coefficient (Wildman–Crippen LogP) is 5.96. The molecule has 5 rings (SSSR count). The first-order valence-corrected chi connectivity index (χ1v) is 9.72. The van der Waals surface area contributed by atoms with Crippen molar-refractivity contribution >= 4 is 45.6 Å². The summed E-state index contributed by atoms with van der Waals surface area (Å²) in [6.45, 7) is 0. The van der Waals surface area contributed by atoms with E-state index in [0.717, 1.165) is 39.8 Å². The molecule has 3 aromatic rings. The van der Waals surface area contributed by atoms with E-state index in [1.165, 1.54) is 0 Å². The van der Waals surface area contributed by atoms with Crippen molar-refractivity contribution in [2.45, 2.75) is 18.8 Å². The van der Waals surface area contributed by atoms with E-state index < -0.39 is 0 Å².